The Morgan fingerprint density at radius 2 is 1.58 bits per heavy atom. The summed E-state index contributed by atoms with van der Waals surface area (Å²) in [5, 5.41) is 5.25. The van der Waals surface area contributed by atoms with Crippen LogP contribution in [-0.2, 0) is 14.8 Å². The molecule has 0 rings (SSSR count). The van der Waals surface area contributed by atoms with Gasteiger partial charge in [0.15, 0.2) is 0 Å². The molecule has 0 spiro atoms. The summed E-state index contributed by atoms with van der Waals surface area (Å²) in [5.74, 6) is 0.0372. The van der Waals surface area contributed by atoms with E-state index in [-0.39, 0.29) is 11.2 Å². The van der Waals surface area contributed by atoms with Crippen LogP contribution in [0.5, 0.6) is 0 Å². The third-order valence-electron chi connectivity index (χ3n) is 3.37. The molecule has 0 aromatic carbocycles. The molecule has 0 amide bonds. The molecule has 0 fully saturated rings. The van der Waals surface area contributed by atoms with Crippen molar-refractivity contribution in [2.24, 2.45) is 10.6 Å². The van der Waals surface area contributed by atoms with Gasteiger partial charge in [0.2, 0.25) is 10.0 Å². The first-order valence-electron chi connectivity index (χ1n) is 7.47. The lowest BCUT2D eigenvalue weighted by Crippen LogP contribution is -2.37. The van der Waals surface area contributed by atoms with Crippen molar-refractivity contribution < 1.29 is 13.2 Å². The molecule has 0 aromatic rings. The van der Waals surface area contributed by atoms with Crippen LogP contribution >= 0.6 is 0 Å². The number of primary sulfonamides is 1. The van der Waals surface area contributed by atoms with Crippen molar-refractivity contribution in [3.05, 3.63) is 0 Å². The Morgan fingerprint density at radius 1 is 1.00 bits per heavy atom. The molecule has 0 aliphatic carbocycles. The highest BCUT2D eigenvalue weighted by molar-refractivity contribution is 7.89. The van der Waals surface area contributed by atoms with Crippen LogP contribution in [0.1, 0.15) is 65.7 Å². The van der Waals surface area contributed by atoms with Crippen LogP contribution < -0.4 is 5.14 Å². The van der Waals surface area contributed by atoms with Crippen molar-refractivity contribution in [1.82, 2.24) is 0 Å². The van der Waals surface area contributed by atoms with Gasteiger partial charge in [0.1, 0.15) is 0 Å². The highest BCUT2D eigenvalue weighted by Crippen LogP contribution is 2.31. The van der Waals surface area contributed by atoms with E-state index in [0.717, 1.165) is 44.9 Å². The number of hydrogen-bond donors (Lipinski definition) is 1. The largest absolute Gasteiger partial charge is 0.381 e. The fourth-order valence-corrected chi connectivity index (χ4v) is 3.91. The molecule has 0 heterocycles. The molecule has 0 aliphatic rings. The summed E-state index contributed by atoms with van der Waals surface area (Å²) in [6, 6.07) is 0. The summed E-state index contributed by atoms with van der Waals surface area (Å²) < 4.78 is 28.6. The number of rotatable bonds is 12. The SMILES string of the molecule is CCCCCOCC(CCC)(CCC)CS(N)(=O)=O. The first-order chi connectivity index (χ1) is 8.89. The normalized spacial score (nSPS) is 12.8. The van der Waals surface area contributed by atoms with Gasteiger partial charge in [-0.1, -0.05) is 46.5 Å². The van der Waals surface area contributed by atoms with E-state index in [1.807, 2.05) is 0 Å². The predicted octanol–water partition coefficient (Wildman–Crippen LogP) is 3.07. The third-order valence-corrected chi connectivity index (χ3v) is 4.38. The van der Waals surface area contributed by atoms with Gasteiger partial charge in [-0.25, -0.2) is 13.6 Å². The van der Waals surface area contributed by atoms with E-state index in [0.29, 0.717) is 13.2 Å². The summed E-state index contributed by atoms with van der Waals surface area (Å²) in [6.45, 7) is 7.52. The van der Waals surface area contributed by atoms with Crippen LogP contribution in [-0.4, -0.2) is 27.4 Å². The molecule has 0 bridgehead atoms. The minimum absolute atomic E-state index is 0.0372. The Bertz CT molecular complexity index is 309. The summed E-state index contributed by atoms with van der Waals surface area (Å²) >= 11 is 0. The number of sulfonamides is 1. The summed E-state index contributed by atoms with van der Waals surface area (Å²) in [6.07, 6.45) is 6.97. The van der Waals surface area contributed by atoms with E-state index in [1.165, 1.54) is 0 Å². The lowest BCUT2D eigenvalue weighted by molar-refractivity contribution is 0.0419. The van der Waals surface area contributed by atoms with Crippen molar-refractivity contribution in [2.45, 2.75) is 65.7 Å². The van der Waals surface area contributed by atoms with E-state index in [9.17, 15) is 8.42 Å². The molecule has 0 aliphatic heterocycles. The van der Waals surface area contributed by atoms with Gasteiger partial charge in [-0.2, -0.15) is 0 Å². The van der Waals surface area contributed by atoms with Crippen LogP contribution in [0.2, 0.25) is 0 Å². The molecule has 0 atom stereocenters. The Kier molecular flexibility index (Phi) is 9.66. The summed E-state index contributed by atoms with van der Waals surface area (Å²) in [4.78, 5) is 0. The number of unbranched alkanes of at least 4 members (excludes halogenated alkanes) is 2. The monoisotopic (exact) mass is 293 g/mol. The lowest BCUT2D eigenvalue weighted by atomic mass is 9.82. The maximum atomic E-state index is 11.5. The molecule has 4 nitrogen and oxygen atoms in total. The van der Waals surface area contributed by atoms with Gasteiger partial charge in [0.05, 0.1) is 12.4 Å². The Hall–Kier alpha value is -0.130. The minimum Gasteiger partial charge on any atom is -0.381 e. The Labute approximate surface area is 119 Å². The zero-order chi connectivity index (χ0) is 14.8. The number of ether oxygens (including phenoxy) is 1. The second-order valence-electron chi connectivity index (χ2n) is 5.57. The fourth-order valence-electron chi connectivity index (χ4n) is 2.69. The molecular weight excluding hydrogens is 262 g/mol. The van der Waals surface area contributed by atoms with Crippen molar-refractivity contribution >= 4 is 10.0 Å². The van der Waals surface area contributed by atoms with E-state index < -0.39 is 10.0 Å². The zero-order valence-electron chi connectivity index (χ0n) is 12.8. The Balaban J connectivity index is 4.52. The standard InChI is InChI=1S/C14H31NO3S/c1-4-7-8-11-18-12-14(9-5-2,10-6-3)13-19(15,16)17/h4-13H2,1-3H3,(H2,15,16,17). The molecule has 0 saturated carbocycles. The lowest BCUT2D eigenvalue weighted by Gasteiger charge is -2.32. The first-order valence-corrected chi connectivity index (χ1v) is 9.19. The molecule has 0 saturated heterocycles. The predicted molar refractivity (Wildman–Crippen MR) is 80.6 cm³/mol. The van der Waals surface area contributed by atoms with Gasteiger partial charge >= 0.3 is 0 Å². The van der Waals surface area contributed by atoms with Gasteiger partial charge in [-0.3, -0.25) is 0 Å². The fraction of sp³-hybridized carbons (Fsp3) is 1.00. The summed E-state index contributed by atoms with van der Waals surface area (Å²) in [5.41, 5.74) is -0.302. The molecular formula is C14H31NO3S. The van der Waals surface area contributed by atoms with Crippen LogP contribution in [0.15, 0.2) is 0 Å². The van der Waals surface area contributed by atoms with Gasteiger partial charge < -0.3 is 4.74 Å². The van der Waals surface area contributed by atoms with Gasteiger partial charge in [-0.15, -0.1) is 0 Å². The van der Waals surface area contributed by atoms with E-state index in [4.69, 9.17) is 9.88 Å². The molecule has 0 unspecified atom stereocenters. The zero-order valence-corrected chi connectivity index (χ0v) is 13.6. The Morgan fingerprint density at radius 3 is 2.00 bits per heavy atom. The van der Waals surface area contributed by atoms with Gasteiger partial charge in [0, 0.05) is 12.0 Å². The van der Waals surface area contributed by atoms with Crippen molar-refractivity contribution in [3.63, 3.8) is 0 Å². The quantitative estimate of drug-likeness (QED) is 0.562. The highest BCUT2D eigenvalue weighted by Gasteiger charge is 2.33. The van der Waals surface area contributed by atoms with Crippen LogP contribution in [0.3, 0.4) is 0 Å². The summed E-state index contributed by atoms with van der Waals surface area (Å²) in [7, 11) is -3.45. The number of hydrogen-bond acceptors (Lipinski definition) is 3. The average Bonchev–Trinajstić information content (AvgIpc) is 2.27. The number of nitrogens with two attached hydrogens (primary N) is 1. The average molecular weight is 293 g/mol. The van der Waals surface area contributed by atoms with Crippen LogP contribution in [0, 0.1) is 5.41 Å². The molecule has 0 aromatic heterocycles. The van der Waals surface area contributed by atoms with E-state index >= 15 is 0 Å². The molecule has 19 heavy (non-hydrogen) atoms. The van der Waals surface area contributed by atoms with Crippen molar-refractivity contribution in [2.75, 3.05) is 19.0 Å². The molecule has 2 N–H and O–H groups in total. The third kappa shape index (κ3) is 9.41. The maximum absolute atomic E-state index is 11.5. The molecule has 116 valence electrons. The van der Waals surface area contributed by atoms with Crippen LogP contribution in [0.25, 0.3) is 0 Å². The molecule has 5 heteroatoms. The maximum Gasteiger partial charge on any atom is 0.209 e. The van der Waals surface area contributed by atoms with Gasteiger partial charge in [-0.05, 0) is 19.3 Å². The van der Waals surface area contributed by atoms with E-state index in [2.05, 4.69) is 20.8 Å². The second-order valence-corrected chi connectivity index (χ2v) is 7.18. The van der Waals surface area contributed by atoms with Crippen molar-refractivity contribution in [3.8, 4) is 0 Å². The van der Waals surface area contributed by atoms with Gasteiger partial charge in [0.25, 0.3) is 0 Å². The molecule has 0 radical (unpaired) electrons. The topological polar surface area (TPSA) is 69.4 Å². The van der Waals surface area contributed by atoms with Crippen molar-refractivity contribution in [1.29, 1.82) is 0 Å². The first kappa shape index (κ1) is 18.9. The second kappa shape index (κ2) is 9.72. The smallest absolute Gasteiger partial charge is 0.209 e. The minimum atomic E-state index is -3.45. The van der Waals surface area contributed by atoms with Crippen LogP contribution in [0.4, 0.5) is 0 Å². The highest BCUT2D eigenvalue weighted by atomic mass is 32.2. The van der Waals surface area contributed by atoms with E-state index in [1.54, 1.807) is 0 Å².